The molecule has 0 spiro atoms. The normalized spacial score (nSPS) is 11.3. The predicted octanol–water partition coefficient (Wildman–Crippen LogP) is 4.10. The maximum Gasteiger partial charge on any atom is 0.137 e. The number of hydrogen-bond acceptors (Lipinski definition) is 1. The first-order valence-electron chi connectivity index (χ1n) is 4.13. The van der Waals surface area contributed by atoms with Crippen molar-refractivity contribution in [3.05, 3.63) is 46.6 Å². The van der Waals surface area contributed by atoms with Gasteiger partial charge in [0.2, 0.25) is 0 Å². The van der Waals surface area contributed by atoms with Crippen LogP contribution in [0.3, 0.4) is 0 Å². The van der Waals surface area contributed by atoms with Gasteiger partial charge in [0, 0.05) is 16.5 Å². The van der Waals surface area contributed by atoms with E-state index in [1.807, 2.05) is 30.3 Å². The zero-order valence-corrected chi connectivity index (χ0v) is 8.76. The van der Waals surface area contributed by atoms with Gasteiger partial charge in [-0.25, -0.2) is 4.98 Å². The van der Waals surface area contributed by atoms with Crippen molar-refractivity contribution in [1.29, 1.82) is 0 Å². The standard InChI is InChI=1S/C11H7Cl2N/c12-6-5-9-7-8-3-1-2-4-10(8)14-11(9)13/h1-7H/b6-5+. The summed E-state index contributed by atoms with van der Waals surface area (Å²) in [5, 5.41) is 1.53. The highest BCUT2D eigenvalue weighted by molar-refractivity contribution is 6.32. The fraction of sp³-hybridized carbons (Fsp3) is 0. The van der Waals surface area contributed by atoms with Gasteiger partial charge in [-0.05, 0) is 18.2 Å². The van der Waals surface area contributed by atoms with Crippen LogP contribution in [0.25, 0.3) is 17.0 Å². The molecule has 0 N–H and O–H groups in total. The molecule has 0 atom stereocenters. The highest BCUT2D eigenvalue weighted by atomic mass is 35.5. The molecule has 0 unspecified atom stereocenters. The molecule has 0 aliphatic heterocycles. The Morgan fingerprint density at radius 2 is 2.00 bits per heavy atom. The van der Waals surface area contributed by atoms with Gasteiger partial charge >= 0.3 is 0 Å². The van der Waals surface area contributed by atoms with Gasteiger partial charge in [-0.1, -0.05) is 41.4 Å². The summed E-state index contributed by atoms with van der Waals surface area (Å²) < 4.78 is 0. The molecule has 0 fully saturated rings. The Balaban J connectivity index is 2.70. The Morgan fingerprint density at radius 1 is 1.21 bits per heavy atom. The van der Waals surface area contributed by atoms with Crippen molar-refractivity contribution in [2.24, 2.45) is 0 Å². The summed E-state index contributed by atoms with van der Waals surface area (Å²) >= 11 is 11.5. The van der Waals surface area contributed by atoms with E-state index in [0.29, 0.717) is 5.15 Å². The minimum atomic E-state index is 0.473. The molecule has 1 aromatic carbocycles. The number of halogens is 2. The van der Waals surface area contributed by atoms with Crippen LogP contribution in [-0.4, -0.2) is 4.98 Å². The lowest BCUT2D eigenvalue weighted by atomic mass is 10.1. The van der Waals surface area contributed by atoms with Crippen LogP contribution in [0.5, 0.6) is 0 Å². The highest BCUT2D eigenvalue weighted by Gasteiger charge is 2.00. The molecule has 1 nitrogen and oxygen atoms in total. The lowest BCUT2D eigenvalue weighted by molar-refractivity contribution is 1.40. The van der Waals surface area contributed by atoms with Crippen molar-refractivity contribution in [2.45, 2.75) is 0 Å². The van der Waals surface area contributed by atoms with Crippen LogP contribution in [0.1, 0.15) is 5.56 Å². The topological polar surface area (TPSA) is 12.9 Å². The minimum Gasteiger partial charge on any atom is -0.235 e. The van der Waals surface area contributed by atoms with Crippen molar-refractivity contribution < 1.29 is 0 Å². The first-order valence-corrected chi connectivity index (χ1v) is 4.95. The molecule has 0 radical (unpaired) electrons. The average Bonchev–Trinajstić information content (AvgIpc) is 2.19. The van der Waals surface area contributed by atoms with Crippen LogP contribution in [0.2, 0.25) is 5.15 Å². The van der Waals surface area contributed by atoms with E-state index in [4.69, 9.17) is 23.2 Å². The first kappa shape index (κ1) is 9.50. The summed E-state index contributed by atoms with van der Waals surface area (Å²) in [6.45, 7) is 0. The molecular weight excluding hydrogens is 217 g/mol. The Hall–Kier alpha value is -1.05. The van der Waals surface area contributed by atoms with Gasteiger partial charge in [-0.3, -0.25) is 0 Å². The molecule has 14 heavy (non-hydrogen) atoms. The van der Waals surface area contributed by atoms with E-state index >= 15 is 0 Å². The van der Waals surface area contributed by atoms with Crippen LogP contribution in [0.15, 0.2) is 35.9 Å². The monoisotopic (exact) mass is 223 g/mol. The third kappa shape index (κ3) is 1.74. The van der Waals surface area contributed by atoms with Gasteiger partial charge in [-0.2, -0.15) is 0 Å². The Kier molecular flexibility index (Phi) is 2.71. The van der Waals surface area contributed by atoms with E-state index in [-0.39, 0.29) is 0 Å². The van der Waals surface area contributed by atoms with Gasteiger partial charge in [0.15, 0.2) is 0 Å². The van der Waals surface area contributed by atoms with Crippen molar-refractivity contribution in [2.75, 3.05) is 0 Å². The molecule has 0 amide bonds. The van der Waals surface area contributed by atoms with Gasteiger partial charge in [-0.15, -0.1) is 0 Å². The second-order valence-electron chi connectivity index (χ2n) is 2.85. The number of rotatable bonds is 1. The van der Waals surface area contributed by atoms with Crippen molar-refractivity contribution in [3.63, 3.8) is 0 Å². The Labute approximate surface area is 92.0 Å². The quantitative estimate of drug-likeness (QED) is 0.664. The predicted molar refractivity (Wildman–Crippen MR) is 61.6 cm³/mol. The van der Waals surface area contributed by atoms with Gasteiger partial charge in [0.05, 0.1) is 5.52 Å². The summed E-state index contributed by atoms with van der Waals surface area (Å²) in [5.74, 6) is 0. The summed E-state index contributed by atoms with van der Waals surface area (Å²) in [6, 6.07) is 9.78. The number of nitrogens with zero attached hydrogens (tertiary/aromatic N) is 1. The summed E-state index contributed by atoms with van der Waals surface area (Å²) in [5.41, 5.74) is 3.15. The molecule has 1 aromatic heterocycles. The maximum absolute atomic E-state index is 5.96. The molecule has 0 aliphatic rings. The maximum atomic E-state index is 5.96. The Bertz CT molecular complexity index is 492. The molecule has 0 bridgehead atoms. The molecule has 0 saturated heterocycles. The number of pyridine rings is 1. The fourth-order valence-electron chi connectivity index (χ4n) is 1.29. The first-order chi connectivity index (χ1) is 6.81. The molecule has 2 aromatic rings. The fourth-order valence-corrected chi connectivity index (χ4v) is 1.64. The van der Waals surface area contributed by atoms with Crippen molar-refractivity contribution in [3.8, 4) is 0 Å². The van der Waals surface area contributed by atoms with E-state index < -0.39 is 0 Å². The second-order valence-corrected chi connectivity index (χ2v) is 3.46. The SMILES string of the molecule is Cl/C=C/c1cc2ccccc2nc1Cl. The summed E-state index contributed by atoms with van der Waals surface area (Å²) in [4.78, 5) is 4.25. The third-order valence-corrected chi connectivity index (χ3v) is 2.38. The smallest absolute Gasteiger partial charge is 0.137 e. The number of fused-ring (bicyclic) bond motifs is 1. The second kappa shape index (κ2) is 3.99. The third-order valence-electron chi connectivity index (χ3n) is 1.95. The number of aromatic nitrogens is 1. The number of hydrogen-bond donors (Lipinski definition) is 0. The molecule has 2 rings (SSSR count). The zero-order valence-electron chi connectivity index (χ0n) is 7.24. The van der Waals surface area contributed by atoms with E-state index in [0.717, 1.165) is 16.5 Å². The summed E-state index contributed by atoms with van der Waals surface area (Å²) in [6.07, 6.45) is 1.73. The molecule has 1 heterocycles. The van der Waals surface area contributed by atoms with Crippen LogP contribution in [-0.2, 0) is 0 Å². The molecule has 0 aliphatic carbocycles. The highest BCUT2D eigenvalue weighted by Crippen LogP contribution is 2.21. The Morgan fingerprint density at radius 3 is 2.79 bits per heavy atom. The summed E-state index contributed by atoms with van der Waals surface area (Å²) in [7, 11) is 0. The van der Waals surface area contributed by atoms with Crippen LogP contribution < -0.4 is 0 Å². The van der Waals surface area contributed by atoms with Gasteiger partial charge in [0.25, 0.3) is 0 Å². The van der Waals surface area contributed by atoms with E-state index in [1.165, 1.54) is 5.54 Å². The lowest BCUT2D eigenvalue weighted by Crippen LogP contribution is -1.83. The van der Waals surface area contributed by atoms with E-state index in [1.54, 1.807) is 6.08 Å². The lowest BCUT2D eigenvalue weighted by Gasteiger charge is -2.00. The van der Waals surface area contributed by atoms with Crippen LogP contribution in [0.4, 0.5) is 0 Å². The molecule has 3 heteroatoms. The number of benzene rings is 1. The van der Waals surface area contributed by atoms with Gasteiger partial charge < -0.3 is 0 Å². The molecule has 0 saturated carbocycles. The van der Waals surface area contributed by atoms with Crippen LogP contribution >= 0.6 is 23.2 Å². The van der Waals surface area contributed by atoms with Crippen molar-refractivity contribution in [1.82, 2.24) is 4.98 Å². The van der Waals surface area contributed by atoms with E-state index in [2.05, 4.69) is 4.98 Å². The molecule has 70 valence electrons. The van der Waals surface area contributed by atoms with E-state index in [9.17, 15) is 0 Å². The average molecular weight is 224 g/mol. The van der Waals surface area contributed by atoms with Gasteiger partial charge in [0.1, 0.15) is 5.15 Å². The van der Waals surface area contributed by atoms with Crippen molar-refractivity contribution >= 4 is 40.2 Å². The zero-order chi connectivity index (χ0) is 9.97. The minimum absolute atomic E-state index is 0.473. The largest absolute Gasteiger partial charge is 0.235 e. The molecular formula is C11H7Cl2N. The number of para-hydroxylation sites is 1. The van der Waals surface area contributed by atoms with Crippen LogP contribution in [0, 0.1) is 0 Å².